The monoisotopic (exact) mass is 400 g/mol. The molecule has 0 radical (unpaired) electrons. The summed E-state index contributed by atoms with van der Waals surface area (Å²) in [4.78, 5) is 14.8. The third-order valence-corrected chi connectivity index (χ3v) is 7.53. The van der Waals surface area contributed by atoms with Crippen molar-refractivity contribution in [1.82, 2.24) is 9.21 Å². The zero-order valence-corrected chi connectivity index (χ0v) is 17.8. The molecule has 6 heteroatoms. The third-order valence-electron chi connectivity index (χ3n) is 5.47. The first kappa shape index (κ1) is 20.6. The molecule has 0 saturated carbocycles. The van der Waals surface area contributed by atoms with Gasteiger partial charge in [-0.25, -0.2) is 8.42 Å². The van der Waals surface area contributed by atoms with Gasteiger partial charge in [0.2, 0.25) is 15.9 Å². The van der Waals surface area contributed by atoms with E-state index in [1.807, 2.05) is 51.1 Å². The molecule has 1 saturated heterocycles. The third kappa shape index (κ3) is 4.28. The summed E-state index contributed by atoms with van der Waals surface area (Å²) in [5, 5.41) is 0. The molecule has 1 aliphatic heterocycles. The van der Waals surface area contributed by atoms with Crippen LogP contribution in [0.1, 0.15) is 27.8 Å². The first-order chi connectivity index (χ1) is 13.2. The number of nitrogens with zero attached hydrogens (tertiary/aromatic N) is 2. The number of amides is 1. The van der Waals surface area contributed by atoms with Gasteiger partial charge in [-0.05, 0) is 56.0 Å². The fourth-order valence-corrected chi connectivity index (χ4v) is 5.23. The van der Waals surface area contributed by atoms with E-state index in [0.717, 1.165) is 16.7 Å². The van der Waals surface area contributed by atoms with Gasteiger partial charge >= 0.3 is 0 Å². The fourth-order valence-electron chi connectivity index (χ4n) is 3.61. The van der Waals surface area contributed by atoms with Crippen LogP contribution in [0, 0.1) is 27.7 Å². The summed E-state index contributed by atoms with van der Waals surface area (Å²) in [5.41, 5.74) is 5.18. The topological polar surface area (TPSA) is 57.7 Å². The average molecular weight is 401 g/mol. The van der Waals surface area contributed by atoms with Gasteiger partial charge in [-0.2, -0.15) is 4.31 Å². The van der Waals surface area contributed by atoms with Gasteiger partial charge in [0, 0.05) is 26.2 Å². The van der Waals surface area contributed by atoms with Crippen molar-refractivity contribution in [3.63, 3.8) is 0 Å². The Balaban J connectivity index is 1.64. The Morgan fingerprint density at radius 1 is 0.857 bits per heavy atom. The summed E-state index contributed by atoms with van der Waals surface area (Å²) in [6.07, 6.45) is 0.352. The number of carbonyl (C=O) groups is 1. The van der Waals surface area contributed by atoms with Gasteiger partial charge < -0.3 is 4.90 Å². The number of hydrogen-bond donors (Lipinski definition) is 0. The van der Waals surface area contributed by atoms with E-state index < -0.39 is 10.0 Å². The van der Waals surface area contributed by atoms with Crippen LogP contribution in [0.5, 0.6) is 0 Å². The molecule has 0 bridgehead atoms. The van der Waals surface area contributed by atoms with Crippen molar-refractivity contribution in [2.45, 2.75) is 39.0 Å². The van der Waals surface area contributed by atoms with Crippen LogP contribution in [0.4, 0.5) is 0 Å². The number of piperazine rings is 1. The molecule has 0 spiro atoms. The van der Waals surface area contributed by atoms with Crippen molar-refractivity contribution in [1.29, 1.82) is 0 Å². The van der Waals surface area contributed by atoms with E-state index >= 15 is 0 Å². The van der Waals surface area contributed by atoms with Crippen LogP contribution in [-0.2, 0) is 21.2 Å². The lowest BCUT2D eigenvalue weighted by molar-refractivity contribution is -0.131. The predicted octanol–water partition coefficient (Wildman–Crippen LogP) is 3.00. The van der Waals surface area contributed by atoms with Crippen LogP contribution < -0.4 is 0 Å². The van der Waals surface area contributed by atoms with Crippen LogP contribution in [0.2, 0.25) is 0 Å². The SMILES string of the molecule is Cc1ccc(S(=O)(=O)N2CCN(C(=O)Cc3ccc(C)c(C)c3)CC2)c(C)c1. The van der Waals surface area contributed by atoms with E-state index in [1.54, 1.807) is 11.0 Å². The smallest absolute Gasteiger partial charge is 0.243 e. The van der Waals surface area contributed by atoms with Gasteiger partial charge in [0.05, 0.1) is 11.3 Å². The Kier molecular flexibility index (Phi) is 5.91. The molecule has 0 unspecified atom stereocenters. The summed E-state index contributed by atoms with van der Waals surface area (Å²) in [7, 11) is -3.53. The number of hydrogen-bond acceptors (Lipinski definition) is 3. The van der Waals surface area contributed by atoms with Crippen molar-refractivity contribution >= 4 is 15.9 Å². The molecular formula is C22H28N2O3S. The van der Waals surface area contributed by atoms with Crippen molar-refractivity contribution in [2.24, 2.45) is 0 Å². The lowest BCUT2D eigenvalue weighted by atomic mass is 10.0. The maximum Gasteiger partial charge on any atom is 0.243 e. The minimum Gasteiger partial charge on any atom is -0.340 e. The number of aryl methyl sites for hydroxylation is 4. The highest BCUT2D eigenvalue weighted by molar-refractivity contribution is 7.89. The highest BCUT2D eigenvalue weighted by Gasteiger charge is 2.31. The molecule has 0 aromatic heterocycles. The maximum absolute atomic E-state index is 13.0. The summed E-state index contributed by atoms with van der Waals surface area (Å²) >= 11 is 0. The lowest BCUT2D eigenvalue weighted by Gasteiger charge is -2.34. The van der Waals surface area contributed by atoms with Crippen LogP contribution in [0.25, 0.3) is 0 Å². The molecule has 0 aliphatic carbocycles. The van der Waals surface area contributed by atoms with Crippen molar-refractivity contribution < 1.29 is 13.2 Å². The standard InChI is InChI=1S/C22H28N2O3S/c1-16-5-8-21(19(4)13-16)28(26,27)24-11-9-23(10-12-24)22(25)15-20-7-6-17(2)18(3)14-20/h5-8,13-14H,9-12,15H2,1-4H3. The molecule has 0 atom stereocenters. The quantitative estimate of drug-likeness (QED) is 0.793. The Hall–Kier alpha value is -2.18. The second-order valence-corrected chi connectivity index (χ2v) is 9.56. The number of benzene rings is 2. The van der Waals surface area contributed by atoms with Gasteiger partial charge in [-0.3, -0.25) is 4.79 Å². The number of carbonyl (C=O) groups excluding carboxylic acids is 1. The molecule has 2 aromatic rings. The number of sulfonamides is 1. The van der Waals surface area contributed by atoms with Crippen LogP contribution in [0.3, 0.4) is 0 Å². The summed E-state index contributed by atoms with van der Waals surface area (Å²) in [6.45, 7) is 9.37. The molecule has 0 N–H and O–H groups in total. The molecule has 1 aliphatic rings. The predicted molar refractivity (Wildman–Crippen MR) is 111 cm³/mol. The van der Waals surface area contributed by atoms with Gasteiger partial charge in [0.25, 0.3) is 0 Å². The highest BCUT2D eigenvalue weighted by atomic mass is 32.2. The minimum atomic E-state index is -3.53. The van der Waals surface area contributed by atoms with E-state index in [2.05, 4.69) is 6.92 Å². The molecule has 1 heterocycles. The van der Waals surface area contributed by atoms with E-state index in [1.165, 1.54) is 15.4 Å². The molecule has 3 rings (SSSR count). The van der Waals surface area contributed by atoms with Crippen molar-refractivity contribution in [3.05, 3.63) is 64.2 Å². The molecule has 28 heavy (non-hydrogen) atoms. The Labute approximate surface area is 168 Å². The zero-order chi connectivity index (χ0) is 20.5. The average Bonchev–Trinajstić information content (AvgIpc) is 2.64. The second-order valence-electron chi connectivity index (χ2n) is 7.65. The first-order valence-corrected chi connectivity index (χ1v) is 11.0. The molecule has 150 valence electrons. The molecule has 1 amide bonds. The summed E-state index contributed by atoms with van der Waals surface area (Å²) < 4.78 is 27.4. The van der Waals surface area contributed by atoms with Crippen LogP contribution >= 0.6 is 0 Å². The molecular weight excluding hydrogens is 372 g/mol. The van der Waals surface area contributed by atoms with E-state index in [4.69, 9.17) is 0 Å². The molecule has 5 nitrogen and oxygen atoms in total. The largest absolute Gasteiger partial charge is 0.340 e. The van der Waals surface area contributed by atoms with Gasteiger partial charge in [0.1, 0.15) is 0 Å². The molecule has 1 fully saturated rings. The lowest BCUT2D eigenvalue weighted by Crippen LogP contribution is -2.50. The molecule has 2 aromatic carbocycles. The first-order valence-electron chi connectivity index (χ1n) is 9.60. The van der Waals surface area contributed by atoms with Crippen molar-refractivity contribution in [2.75, 3.05) is 26.2 Å². The van der Waals surface area contributed by atoms with Crippen molar-refractivity contribution in [3.8, 4) is 0 Å². The normalized spacial score (nSPS) is 15.6. The zero-order valence-electron chi connectivity index (χ0n) is 17.0. The number of rotatable bonds is 4. The van der Waals surface area contributed by atoms with Gasteiger partial charge in [0.15, 0.2) is 0 Å². The van der Waals surface area contributed by atoms with Gasteiger partial charge in [-0.1, -0.05) is 35.9 Å². The van der Waals surface area contributed by atoms with Crippen LogP contribution in [-0.4, -0.2) is 49.7 Å². The van der Waals surface area contributed by atoms with E-state index in [-0.39, 0.29) is 5.91 Å². The van der Waals surface area contributed by atoms with E-state index in [0.29, 0.717) is 37.5 Å². The van der Waals surface area contributed by atoms with Crippen LogP contribution in [0.15, 0.2) is 41.3 Å². The second kappa shape index (κ2) is 8.05. The Bertz CT molecular complexity index is 991. The van der Waals surface area contributed by atoms with Gasteiger partial charge in [-0.15, -0.1) is 0 Å². The minimum absolute atomic E-state index is 0.0480. The maximum atomic E-state index is 13.0. The summed E-state index contributed by atoms with van der Waals surface area (Å²) in [5.74, 6) is 0.0480. The Morgan fingerprint density at radius 2 is 1.54 bits per heavy atom. The Morgan fingerprint density at radius 3 is 2.14 bits per heavy atom. The van der Waals surface area contributed by atoms with E-state index in [9.17, 15) is 13.2 Å². The highest BCUT2D eigenvalue weighted by Crippen LogP contribution is 2.22. The fraction of sp³-hybridized carbons (Fsp3) is 0.409. The summed E-state index contributed by atoms with van der Waals surface area (Å²) in [6, 6.07) is 11.5.